The molecule has 0 saturated carbocycles. The third-order valence-corrected chi connectivity index (χ3v) is 6.66. The summed E-state index contributed by atoms with van der Waals surface area (Å²) in [6.45, 7) is 0. The molecule has 3 heterocycles. The largest absolute Gasteiger partial charge is 0.354 e. The van der Waals surface area contributed by atoms with Gasteiger partial charge in [0.15, 0.2) is 11.6 Å². The van der Waals surface area contributed by atoms with Crippen molar-refractivity contribution in [1.29, 1.82) is 0 Å². The van der Waals surface area contributed by atoms with Gasteiger partial charge in [0.2, 0.25) is 0 Å². The van der Waals surface area contributed by atoms with E-state index in [1.807, 2.05) is 42.5 Å². The minimum absolute atomic E-state index is 0.737. The molecule has 0 saturated heterocycles. The Morgan fingerprint density at radius 2 is 1.63 bits per heavy atom. The molecule has 0 amide bonds. The topological polar surface area (TPSA) is 79.4 Å². The van der Waals surface area contributed by atoms with Crippen LogP contribution in [0.15, 0.2) is 101 Å². The van der Waals surface area contributed by atoms with Gasteiger partial charge in [-0.2, -0.15) is 0 Å². The molecule has 170 valence electrons. The molecule has 0 spiro atoms. The zero-order chi connectivity index (χ0) is 23.2. The van der Waals surface area contributed by atoms with Gasteiger partial charge in [-0.05, 0) is 42.2 Å². The monoisotopic (exact) mass is 458 g/mol. The number of hydrogen-bond acceptors (Lipinski definition) is 6. The first-order valence-corrected chi connectivity index (χ1v) is 11.6. The van der Waals surface area contributed by atoms with Crippen molar-refractivity contribution in [2.24, 2.45) is 5.10 Å². The highest BCUT2D eigenvalue weighted by atomic mass is 16.5. The van der Waals surface area contributed by atoms with Crippen LogP contribution in [0.1, 0.15) is 16.8 Å². The summed E-state index contributed by atoms with van der Waals surface area (Å²) in [6.07, 6.45) is 1.94. The van der Waals surface area contributed by atoms with Crippen LogP contribution in [0.25, 0.3) is 39.5 Å². The molecule has 0 unspecified atom stereocenters. The van der Waals surface area contributed by atoms with Crippen LogP contribution in [-0.2, 0) is 12.8 Å². The molecule has 0 atom stereocenters. The van der Waals surface area contributed by atoms with Crippen molar-refractivity contribution in [2.75, 3.05) is 0 Å². The van der Waals surface area contributed by atoms with E-state index in [0.717, 1.165) is 52.6 Å². The highest BCUT2D eigenvalue weighted by Gasteiger charge is 2.26. The number of aryl methyl sites for hydroxylation is 1. The third kappa shape index (κ3) is 3.33. The lowest BCUT2D eigenvalue weighted by atomic mass is 9.90. The van der Waals surface area contributed by atoms with E-state index in [1.165, 1.54) is 22.4 Å². The van der Waals surface area contributed by atoms with E-state index in [0.29, 0.717) is 0 Å². The lowest BCUT2D eigenvalue weighted by Gasteiger charge is -2.20. The SMILES string of the molecule is c1ccc(-c2cc(-c3cc4c(n3-c3cccc(C5=NNNN5)c3)CCc3ccccc3-4)on2)cc1. The first-order valence-electron chi connectivity index (χ1n) is 11.6. The van der Waals surface area contributed by atoms with E-state index in [-0.39, 0.29) is 0 Å². The van der Waals surface area contributed by atoms with Crippen LogP contribution in [0.4, 0.5) is 0 Å². The number of nitrogens with one attached hydrogen (secondary N) is 3. The Balaban J connectivity index is 1.42. The van der Waals surface area contributed by atoms with Crippen LogP contribution >= 0.6 is 0 Å². The zero-order valence-corrected chi connectivity index (χ0v) is 18.8. The maximum Gasteiger partial charge on any atom is 0.184 e. The summed E-state index contributed by atoms with van der Waals surface area (Å²) in [5.74, 6) is 1.48. The van der Waals surface area contributed by atoms with Gasteiger partial charge in [0.1, 0.15) is 5.69 Å². The molecule has 0 bridgehead atoms. The second-order valence-electron chi connectivity index (χ2n) is 8.70. The van der Waals surface area contributed by atoms with E-state index in [2.05, 4.69) is 79.9 Å². The average Bonchev–Trinajstić information content (AvgIpc) is 3.69. The summed E-state index contributed by atoms with van der Waals surface area (Å²) in [5, 5.41) is 8.66. The number of amidine groups is 1. The van der Waals surface area contributed by atoms with Gasteiger partial charge in [-0.3, -0.25) is 5.43 Å². The van der Waals surface area contributed by atoms with Crippen LogP contribution in [0.5, 0.6) is 0 Å². The summed E-state index contributed by atoms with van der Waals surface area (Å²) in [7, 11) is 0. The van der Waals surface area contributed by atoms with Gasteiger partial charge in [0, 0.05) is 34.1 Å². The molecule has 3 N–H and O–H groups in total. The Kier molecular flexibility index (Phi) is 4.53. The van der Waals surface area contributed by atoms with Crippen molar-refractivity contribution in [3.8, 4) is 39.5 Å². The van der Waals surface area contributed by atoms with Crippen LogP contribution in [0.3, 0.4) is 0 Å². The van der Waals surface area contributed by atoms with Gasteiger partial charge in [-0.25, -0.2) is 5.53 Å². The van der Waals surface area contributed by atoms with Gasteiger partial charge in [-0.1, -0.05) is 71.9 Å². The summed E-state index contributed by atoms with van der Waals surface area (Å²) in [6, 6.07) is 31.4. The van der Waals surface area contributed by atoms with E-state index < -0.39 is 0 Å². The van der Waals surface area contributed by atoms with E-state index >= 15 is 0 Å². The Morgan fingerprint density at radius 1 is 0.771 bits per heavy atom. The summed E-state index contributed by atoms with van der Waals surface area (Å²) >= 11 is 0. The van der Waals surface area contributed by atoms with E-state index in [4.69, 9.17) is 4.52 Å². The van der Waals surface area contributed by atoms with Crippen molar-refractivity contribution in [3.05, 3.63) is 108 Å². The molecule has 7 rings (SSSR count). The summed E-state index contributed by atoms with van der Waals surface area (Å²) in [5.41, 5.74) is 18.6. The quantitative estimate of drug-likeness (QED) is 0.359. The lowest BCUT2D eigenvalue weighted by Crippen LogP contribution is -2.35. The summed E-state index contributed by atoms with van der Waals surface area (Å²) < 4.78 is 8.24. The number of benzene rings is 3. The Labute approximate surface area is 202 Å². The smallest absolute Gasteiger partial charge is 0.184 e. The van der Waals surface area contributed by atoms with Crippen molar-refractivity contribution in [2.45, 2.75) is 12.8 Å². The van der Waals surface area contributed by atoms with Crippen molar-refractivity contribution in [3.63, 3.8) is 0 Å². The van der Waals surface area contributed by atoms with Gasteiger partial charge in [0.05, 0.1) is 5.69 Å². The molecule has 0 radical (unpaired) electrons. The Morgan fingerprint density at radius 3 is 2.51 bits per heavy atom. The molecular formula is C28H22N6O. The number of fused-ring (bicyclic) bond motifs is 3. The van der Waals surface area contributed by atoms with Crippen LogP contribution in [0.2, 0.25) is 0 Å². The highest BCUT2D eigenvalue weighted by Crippen LogP contribution is 2.41. The molecule has 3 aromatic carbocycles. The molecule has 2 aliphatic rings. The number of rotatable bonds is 4. The summed E-state index contributed by atoms with van der Waals surface area (Å²) in [4.78, 5) is 0. The lowest BCUT2D eigenvalue weighted by molar-refractivity contribution is 0.433. The normalized spacial score (nSPS) is 14.0. The number of hydrogen-bond donors (Lipinski definition) is 3. The minimum Gasteiger partial charge on any atom is -0.354 e. The molecule has 35 heavy (non-hydrogen) atoms. The molecule has 2 aromatic heterocycles. The van der Waals surface area contributed by atoms with Gasteiger partial charge < -0.3 is 9.09 Å². The van der Waals surface area contributed by atoms with Crippen LogP contribution < -0.4 is 16.5 Å². The first-order chi connectivity index (χ1) is 17.3. The van der Waals surface area contributed by atoms with Crippen molar-refractivity contribution < 1.29 is 4.52 Å². The second-order valence-corrected chi connectivity index (χ2v) is 8.70. The fourth-order valence-corrected chi connectivity index (χ4v) is 5.03. The Bertz CT molecular complexity index is 1580. The highest BCUT2D eigenvalue weighted by molar-refractivity contribution is 5.99. The van der Waals surface area contributed by atoms with Gasteiger partial charge in [0.25, 0.3) is 0 Å². The Hall–Kier alpha value is -4.62. The van der Waals surface area contributed by atoms with Gasteiger partial charge >= 0.3 is 0 Å². The molecular weight excluding hydrogens is 436 g/mol. The molecule has 5 aromatic rings. The second kappa shape index (κ2) is 8.00. The van der Waals surface area contributed by atoms with E-state index in [9.17, 15) is 0 Å². The van der Waals surface area contributed by atoms with E-state index in [1.54, 1.807) is 0 Å². The predicted octanol–water partition coefficient (Wildman–Crippen LogP) is 4.84. The zero-order valence-electron chi connectivity index (χ0n) is 18.8. The van der Waals surface area contributed by atoms with Crippen molar-refractivity contribution in [1.82, 2.24) is 26.2 Å². The molecule has 0 fully saturated rings. The average molecular weight is 459 g/mol. The molecule has 7 heteroatoms. The number of aromatic nitrogens is 2. The maximum absolute atomic E-state index is 5.94. The number of nitrogens with zero attached hydrogens (tertiary/aromatic N) is 3. The predicted molar refractivity (Wildman–Crippen MR) is 135 cm³/mol. The van der Waals surface area contributed by atoms with Crippen molar-refractivity contribution >= 4 is 5.84 Å². The number of hydrazone groups is 1. The van der Waals surface area contributed by atoms with Crippen LogP contribution in [-0.4, -0.2) is 15.6 Å². The molecule has 1 aliphatic carbocycles. The van der Waals surface area contributed by atoms with Gasteiger partial charge in [-0.15, -0.1) is 10.6 Å². The maximum atomic E-state index is 5.94. The number of hydrazine groups is 2. The fraction of sp³-hybridized carbons (Fsp3) is 0.0714. The molecule has 7 nitrogen and oxygen atoms in total. The van der Waals surface area contributed by atoms with Crippen LogP contribution in [0, 0.1) is 0 Å². The third-order valence-electron chi connectivity index (χ3n) is 6.66. The fourth-order valence-electron chi connectivity index (χ4n) is 5.03. The first kappa shape index (κ1) is 19.8. The standard InChI is InChI=1S/C28H22N6O/c1-2-8-19(9-3-1)24-17-27(35-31-24)26-16-23-22-12-5-4-7-18(22)13-14-25(23)34(26)21-11-6-10-20(15-21)28-29-32-33-30-28/h1-12,15-17,32-33H,13-14H2,(H,29,30). The minimum atomic E-state index is 0.737. The molecule has 1 aliphatic heterocycles.